The van der Waals surface area contributed by atoms with Gasteiger partial charge < -0.3 is 10.1 Å². The van der Waals surface area contributed by atoms with Gasteiger partial charge in [-0.05, 0) is 62.4 Å². The number of halogens is 2. The van der Waals surface area contributed by atoms with Gasteiger partial charge in [0.1, 0.15) is 17.3 Å². The quantitative estimate of drug-likeness (QED) is 0.850. The second-order valence-corrected chi connectivity index (χ2v) is 5.56. The Hall–Kier alpha value is -1.39. The summed E-state index contributed by atoms with van der Waals surface area (Å²) in [5.41, 5.74) is 1.93. The molecule has 0 aliphatic heterocycles. The maximum absolute atomic E-state index is 13.1. The van der Waals surface area contributed by atoms with Crippen LogP contribution in [0.3, 0.4) is 0 Å². The summed E-state index contributed by atoms with van der Waals surface area (Å²) in [6, 6.07) is 10.6. The Morgan fingerprint density at radius 1 is 1.20 bits per heavy atom. The molecular weight excluding hydrogens is 321 g/mol. The number of nitrogens with one attached hydrogen (secondary N) is 1. The summed E-state index contributed by atoms with van der Waals surface area (Å²) in [7, 11) is 1.92. The number of hydrogen-bond donors (Lipinski definition) is 1. The van der Waals surface area contributed by atoms with E-state index >= 15 is 0 Å². The summed E-state index contributed by atoms with van der Waals surface area (Å²) in [4.78, 5) is 0. The number of rotatable bonds is 4. The molecule has 1 unspecified atom stereocenters. The SMILES string of the molecule is CNC(C)c1ccc(Oc2ccc(F)cc2C)cc1Br. The Balaban J connectivity index is 2.24. The summed E-state index contributed by atoms with van der Waals surface area (Å²) in [5, 5.41) is 3.19. The molecule has 2 nitrogen and oxygen atoms in total. The van der Waals surface area contributed by atoms with Gasteiger partial charge in [-0.3, -0.25) is 0 Å². The number of benzene rings is 2. The number of aryl methyl sites for hydroxylation is 1. The van der Waals surface area contributed by atoms with E-state index in [1.165, 1.54) is 12.1 Å². The molecule has 0 bridgehead atoms. The molecule has 0 spiro atoms. The van der Waals surface area contributed by atoms with Crippen LogP contribution < -0.4 is 10.1 Å². The molecule has 1 atom stereocenters. The molecule has 1 N–H and O–H groups in total. The van der Waals surface area contributed by atoms with Gasteiger partial charge in [-0.15, -0.1) is 0 Å². The van der Waals surface area contributed by atoms with E-state index in [4.69, 9.17) is 4.74 Å². The van der Waals surface area contributed by atoms with Crippen LogP contribution in [0.2, 0.25) is 0 Å². The minimum atomic E-state index is -0.255. The first kappa shape index (κ1) is 15.0. The maximum Gasteiger partial charge on any atom is 0.130 e. The molecule has 0 radical (unpaired) electrons. The van der Waals surface area contributed by atoms with Gasteiger partial charge >= 0.3 is 0 Å². The monoisotopic (exact) mass is 337 g/mol. The molecule has 0 saturated heterocycles. The first-order valence-corrected chi connectivity index (χ1v) is 7.21. The standard InChI is InChI=1S/C16H17BrFNO/c1-10-8-12(18)4-7-16(10)20-13-5-6-14(11(2)19-3)15(17)9-13/h4-9,11,19H,1-3H3. The van der Waals surface area contributed by atoms with E-state index in [9.17, 15) is 4.39 Å². The molecule has 0 saturated carbocycles. The van der Waals surface area contributed by atoms with Crippen LogP contribution in [0.1, 0.15) is 24.1 Å². The minimum Gasteiger partial charge on any atom is -0.457 e. The number of hydrogen-bond acceptors (Lipinski definition) is 2. The molecule has 0 heterocycles. The smallest absolute Gasteiger partial charge is 0.130 e. The van der Waals surface area contributed by atoms with Crippen LogP contribution in [0.25, 0.3) is 0 Å². The molecule has 20 heavy (non-hydrogen) atoms. The zero-order valence-corrected chi connectivity index (χ0v) is 13.3. The largest absolute Gasteiger partial charge is 0.457 e. The van der Waals surface area contributed by atoms with Gasteiger partial charge in [0.15, 0.2) is 0 Å². The fourth-order valence-corrected chi connectivity index (χ4v) is 2.63. The Labute approximate surface area is 127 Å². The normalized spacial score (nSPS) is 12.2. The third-order valence-corrected chi connectivity index (χ3v) is 3.92. The van der Waals surface area contributed by atoms with Crippen molar-refractivity contribution >= 4 is 15.9 Å². The lowest BCUT2D eigenvalue weighted by Gasteiger charge is -2.15. The van der Waals surface area contributed by atoms with E-state index < -0.39 is 0 Å². The molecule has 2 rings (SSSR count). The van der Waals surface area contributed by atoms with E-state index in [0.717, 1.165) is 21.3 Å². The van der Waals surface area contributed by atoms with Crippen molar-refractivity contribution in [1.29, 1.82) is 0 Å². The van der Waals surface area contributed by atoms with Gasteiger partial charge in [-0.2, -0.15) is 0 Å². The van der Waals surface area contributed by atoms with Crippen LogP contribution >= 0.6 is 15.9 Å². The number of ether oxygens (including phenoxy) is 1. The van der Waals surface area contributed by atoms with Crippen molar-refractivity contribution in [3.05, 3.63) is 57.8 Å². The van der Waals surface area contributed by atoms with E-state index in [-0.39, 0.29) is 11.9 Å². The summed E-state index contributed by atoms with van der Waals surface area (Å²) in [6.45, 7) is 3.91. The van der Waals surface area contributed by atoms with Crippen LogP contribution in [-0.4, -0.2) is 7.05 Å². The Morgan fingerprint density at radius 2 is 1.95 bits per heavy atom. The predicted octanol–water partition coefficient (Wildman–Crippen LogP) is 4.97. The predicted molar refractivity (Wildman–Crippen MR) is 82.8 cm³/mol. The van der Waals surface area contributed by atoms with Crippen LogP contribution in [0.5, 0.6) is 11.5 Å². The van der Waals surface area contributed by atoms with E-state index in [1.54, 1.807) is 6.07 Å². The highest BCUT2D eigenvalue weighted by Crippen LogP contribution is 2.31. The van der Waals surface area contributed by atoms with Gasteiger partial charge in [-0.25, -0.2) is 4.39 Å². The molecular formula is C16H17BrFNO. The summed E-state index contributed by atoms with van der Waals surface area (Å²) in [5.74, 6) is 1.13. The summed E-state index contributed by atoms with van der Waals surface area (Å²) < 4.78 is 19.8. The lowest BCUT2D eigenvalue weighted by atomic mass is 10.1. The molecule has 0 fully saturated rings. The first-order valence-electron chi connectivity index (χ1n) is 6.42. The first-order chi connectivity index (χ1) is 9.51. The highest BCUT2D eigenvalue weighted by Gasteiger charge is 2.09. The Kier molecular flexibility index (Phi) is 4.78. The van der Waals surface area contributed by atoms with Crippen LogP contribution in [0, 0.1) is 12.7 Å². The van der Waals surface area contributed by atoms with Crippen LogP contribution in [0.15, 0.2) is 40.9 Å². The topological polar surface area (TPSA) is 21.3 Å². The molecule has 2 aromatic carbocycles. The highest BCUT2D eigenvalue weighted by atomic mass is 79.9. The van der Waals surface area contributed by atoms with Crippen molar-refractivity contribution in [3.8, 4) is 11.5 Å². The Bertz CT molecular complexity index is 615. The summed E-state index contributed by atoms with van der Waals surface area (Å²) >= 11 is 3.55. The highest BCUT2D eigenvalue weighted by molar-refractivity contribution is 9.10. The van der Waals surface area contributed by atoms with Gasteiger partial charge in [-0.1, -0.05) is 22.0 Å². The molecule has 0 aromatic heterocycles. The average molecular weight is 338 g/mol. The zero-order chi connectivity index (χ0) is 14.7. The van der Waals surface area contributed by atoms with Crippen molar-refractivity contribution in [2.75, 3.05) is 7.05 Å². The minimum absolute atomic E-state index is 0.255. The molecule has 0 aliphatic carbocycles. The Morgan fingerprint density at radius 3 is 2.55 bits per heavy atom. The molecule has 4 heteroatoms. The summed E-state index contributed by atoms with van der Waals surface area (Å²) in [6.07, 6.45) is 0. The molecule has 0 aliphatic rings. The second-order valence-electron chi connectivity index (χ2n) is 4.71. The van der Waals surface area contributed by atoms with Crippen molar-refractivity contribution in [2.45, 2.75) is 19.9 Å². The average Bonchev–Trinajstić information content (AvgIpc) is 2.41. The van der Waals surface area contributed by atoms with Crippen molar-refractivity contribution < 1.29 is 9.13 Å². The van der Waals surface area contributed by atoms with E-state index in [2.05, 4.69) is 28.2 Å². The van der Waals surface area contributed by atoms with Gasteiger partial charge in [0.2, 0.25) is 0 Å². The van der Waals surface area contributed by atoms with Crippen LogP contribution in [0.4, 0.5) is 4.39 Å². The third kappa shape index (κ3) is 3.38. The van der Waals surface area contributed by atoms with Crippen LogP contribution in [-0.2, 0) is 0 Å². The zero-order valence-electron chi connectivity index (χ0n) is 11.7. The van der Waals surface area contributed by atoms with Gasteiger partial charge in [0.25, 0.3) is 0 Å². The lowest BCUT2D eigenvalue weighted by molar-refractivity contribution is 0.475. The van der Waals surface area contributed by atoms with E-state index in [0.29, 0.717) is 5.75 Å². The third-order valence-electron chi connectivity index (χ3n) is 3.24. The second kappa shape index (κ2) is 6.37. The molecule has 0 amide bonds. The fraction of sp³-hybridized carbons (Fsp3) is 0.250. The van der Waals surface area contributed by atoms with E-state index in [1.807, 2.05) is 32.2 Å². The van der Waals surface area contributed by atoms with Crippen molar-refractivity contribution in [2.24, 2.45) is 0 Å². The lowest BCUT2D eigenvalue weighted by Crippen LogP contribution is -2.12. The molecule has 106 valence electrons. The fourth-order valence-electron chi connectivity index (χ4n) is 1.93. The van der Waals surface area contributed by atoms with Crippen molar-refractivity contribution in [3.63, 3.8) is 0 Å². The molecule has 2 aromatic rings. The van der Waals surface area contributed by atoms with Crippen molar-refractivity contribution in [1.82, 2.24) is 5.32 Å². The van der Waals surface area contributed by atoms with Gasteiger partial charge in [0, 0.05) is 10.5 Å². The van der Waals surface area contributed by atoms with Gasteiger partial charge in [0.05, 0.1) is 0 Å². The maximum atomic E-state index is 13.1.